The van der Waals surface area contributed by atoms with E-state index in [9.17, 15) is 27.6 Å². The number of rotatable bonds is 6. The normalized spacial score (nSPS) is 27.8. The van der Waals surface area contributed by atoms with Gasteiger partial charge in [-0.25, -0.2) is 13.2 Å². The molecule has 5 aliphatic rings. The van der Waals surface area contributed by atoms with Crippen molar-refractivity contribution in [1.29, 1.82) is 0 Å². The summed E-state index contributed by atoms with van der Waals surface area (Å²) < 4.78 is 33.3. The average Bonchev–Trinajstić information content (AvgIpc) is 4.01. The van der Waals surface area contributed by atoms with Crippen LogP contribution >= 0.6 is 0 Å². The number of hydrogen-bond acceptors (Lipinski definition) is 9. The molecule has 3 fully saturated rings. The fraction of sp³-hybridized carbons (Fsp3) is 0.513. The van der Waals surface area contributed by atoms with E-state index in [1.807, 2.05) is 60.7 Å². The van der Waals surface area contributed by atoms with Gasteiger partial charge in [0, 0.05) is 23.5 Å². The van der Waals surface area contributed by atoms with Crippen LogP contribution in [0.25, 0.3) is 11.1 Å². The second-order valence-electron chi connectivity index (χ2n) is 15.7. The average molecular weight is 746 g/mol. The lowest BCUT2D eigenvalue weighted by Gasteiger charge is -2.30. The molecule has 1 saturated heterocycles. The number of nitrogens with zero attached hydrogens (tertiary/aromatic N) is 2. The molecule has 0 bridgehead atoms. The van der Waals surface area contributed by atoms with Gasteiger partial charge in [0.15, 0.2) is 0 Å². The lowest BCUT2D eigenvalue weighted by atomic mass is 10.0. The van der Waals surface area contributed by atoms with E-state index in [0.29, 0.717) is 37.8 Å². The predicted molar refractivity (Wildman–Crippen MR) is 197 cm³/mol. The first-order valence-electron chi connectivity index (χ1n) is 18.5. The van der Waals surface area contributed by atoms with E-state index in [4.69, 9.17) is 9.57 Å². The van der Waals surface area contributed by atoms with E-state index >= 15 is 0 Å². The number of benzene rings is 2. The highest BCUT2D eigenvalue weighted by atomic mass is 32.2. The molecular formula is C39H47N5O8S. The van der Waals surface area contributed by atoms with E-state index in [1.165, 1.54) is 4.90 Å². The van der Waals surface area contributed by atoms with Crippen molar-refractivity contribution in [2.24, 2.45) is 11.1 Å². The summed E-state index contributed by atoms with van der Waals surface area (Å²) in [6.45, 7) is 5.19. The number of sulfonamides is 1. The van der Waals surface area contributed by atoms with Crippen molar-refractivity contribution < 1.29 is 37.2 Å². The van der Waals surface area contributed by atoms with E-state index in [2.05, 4.69) is 20.5 Å². The summed E-state index contributed by atoms with van der Waals surface area (Å²) in [5.41, 5.74) is 2.20. The minimum atomic E-state index is -3.88. The summed E-state index contributed by atoms with van der Waals surface area (Å²) in [4.78, 5) is 63.0. The summed E-state index contributed by atoms with van der Waals surface area (Å²) in [7, 11) is -3.88. The summed E-state index contributed by atoms with van der Waals surface area (Å²) in [6, 6.07) is 13.7. The Morgan fingerprint density at radius 2 is 1.60 bits per heavy atom. The van der Waals surface area contributed by atoms with Crippen molar-refractivity contribution in [3.8, 4) is 11.1 Å². The Morgan fingerprint density at radius 3 is 2.25 bits per heavy atom. The lowest BCUT2D eigenvalue weighted by Crippen LogP contribution is -2.58. The maximum absolute atomic E-state index is 14.4. The van der Waals surface area contributed by atoms with Crippen molar-refractivity contribution in [1.82, 2.24) is 20.3 Å². The standard InChI is InChI=1S/C39H47N5O8S/c1-38(2,3)51-37(48)40-31-18-8-6-4-5-7-13-24-22-39(24,36(47)43-53(49,50)26-19-20-26)41-34(45)32-21-25(23-44(32)35(31)46)52-42-33-29-16-11-9-14-27(29)28-15-10-12-17-30(28)33/h7,9-17,24-26,31-32H,4-6,8,18-23H2,1-3H3,(H,40,48)(H,41,45)(H,43,47)/b13-7-/t24?,25-,31-,32+,39-/m1/s1. The van der Waals surface area contributed by atoms with E-state index in [1.54, 1.807) is 20.8 Å². The molecule has 3 aliphatic carbocycles. The van der Waals surface area contributed by atoms with Crippen molar-refractivity contribution in [2.45, 2.75) is 113 Å². The largest absolute Gasteiger partial charge is 0.444 e. The molecule has 4 amide bonds. The molecule has 0 radical (unpaired) electrons. The van der Waals surface area contributed by atoms with Gasteiger partial charge >= 0.3 is 6.09 Å². The monoisotopic (exact) mass is 745 g/mol. The van der Waals surface area contributed by atoms with Gasteiger partial charge in [-0.3, -0.25) is 19.1 Å². The molecule has 2 heterocycles. The number of nitrogens with one attached hydrogen (secondary N) is 3. The Kier molecular flexibility index (Phi) is 9.85. The van der Waals surface area contributed by atoms with Crippen LogP contribution in [0.15, 0.2) is 65.8 Å². The third kappa shape index (κ3) is 7.83. The summed E-state index contributed by atoms with van der Waals surface area (Å²) >= 11 is 0. The number of carbonyl (C=O) groups is 4. The van der Waals surface area contributed by atoms with Crippen LogP contribution in [0.1, 0.15) is 89.7 Å². The minimum absolute atomic E-state index is 0.0118. The second kappa shape index (κ2) is 14.3. The Balaban J connectivity index is 1.18. The molecule has 2 aromatic carbocycles. The second-order valence-corrected chi connectivity index (χ2v) is 17.7. The van der Waals surface area contributed by atoms with Crippen LogP contribution < -0.4 is 15.4 Å². The number of hydrogen-bond donors (Lipinski definition) is 3. The van der Waals surface area contributed by atoms with Gasteiger partial charge < -0.3 is 25.1 Å². The van der Waals surface area contributed by atoms with Gasteiger partial charge in [0.2, 0.25) is 21.8 Å². The van der Waals surface area contributed by atoms with E-state index in [-0.39, 0.29) is 19.4 Å². The van der Waals surface area contributed by atoms with Gasteiger partial charge in [-0.2, -0.15) is 0 Å². The van der Waals surface area contributed by atoms with Crippen LogP contribution in [0.3, 0.4) is 0 Å². The van der Waals surface area contributed by atoms with Crippen LogP contribution in [-0.2, 0) is 34.0 Å². The lowest BCUT2D eigenvalue weighted by molar-refractivity contribution is -0.141. The Bertz CT molecular complexity index is 1920. The van der Waals surface area contributed by atoms with Gasteiger partial charge in [0.1, 0.15) is 35.0 Å². The minimum Gasteiger partial charge on any atom is -0.444 e. The van der Waals surface area contributed by atoms with Gasteiger partial charge in [-0.15, -0.1) is 0 Å². The maximum atomic E-state index is 14.4. The summed E-state index contributed by atoms with van der Waals surface area (Å²) in [5, 5.41) is 9.60. The number of alkyl carbamates (subject to hydrolysis) is 1. The van der Waals surface area contributed by atoms with Crippen molar-refractivity contribution in [3.05, 3.63) is 71.8 Å². The number of fused-ring (bicyclic) bond motifs is 5. The fourth-order valence-corrected chi connectivity index (χ4v) is 8.87. The molecule has 0 aromatic heterocycles. The molecular weight excluding hydrogens is 699 g/mol. The van der Waals surface area contributed by atoms with Gasteiger partial charge in [0.25, 0.3) is 5.91 Å². The quantitative estimate of drug-likeness (QED) is 0.248. The number of carbonyl (C=O) groups excluding carboxylic acids is 4. The molecule has 2 saturated carbocycles. The van der Waals surface area contributed by atoms with Crippen LogP contribution in [0, 0.1) is 5.92 Å². The zero-order chi connectivity index (χ0) is 37.5. The Labute approximate surface area is 310 Å². The number of oxime groups is 1. The molecule has 1 unspecified atom stereocenters. The zero-order valence-corrected chi connectivity index (χ0v) is 31.1. The predicted octanol–water partition coefficient (Wildman–Crippen LogP) is 4.30. The van der Waals surface area contributed by atoms with Crippen LogP contribution in [0.4, 0.5) is 4.79 Å². The molecule has 2 aliphatic heterocycles. The smallest absolute Gasteiger partial charge is 0.408 e. The SMILES string of the molecule is CC(C)(C)OC(=O)N[C@@H]1CCCCC/C=C\C2C[C@@]2(C(=O)NS(=O)(=O)C2CC2)NC(=O)[C@@H]2C[C@@H](ON=C3c4ccccc4-c4ccccc43)CN2C1=O. The first-order valence-corrected chi connectivity index (χ1v) is 20.1. The summed E-state index contributed by atoms with van der Waals surface area (Å²) in [5.74, 6) is -2.30. The van der Waals surface area contributed by atoms with Crippen molar-refractivity contribution in [2.75, 3.05) is 6.54 Å². The van der Waals surface area contributed by atoms with Gasteiger partial charge in [-0.05, 0) is 70.4 Å². The number of ether oxygens (including phenoxy) is 1. The first-order chi connectivity index (χ1) is 25.3. The third-order valence-corrected chi connectivity index (χ3v) is 12.3. The molecule has 0 spiro atoms. The Hall–Kier alpha value is -4.72. The molecule has 7 rings (SSSR count). The molecule has 282 valence electrons. The fourth-order valence-electron chi connectivity index (χ4n) is 7.51. The van der Waals surface area contributed by atoms with Gasteiger partial charge in [-0.1, -0.05) is 78.7 Å². The molecule has 14 heteroatoms. The first kappa shape index (κ1) is 36.6. The summed E-state index contributed by atoms with van der Waals surface area (Å²) in [6.07, 6.45) is 6.81. The highest BCUT2D eigenvalue weighted by molar-refractivity contribution is 7.91. The third-order valence-electron chi connectivity index (χ3n) is 10.5. The molecule has 53 heavy (non-hydrogen) atoms. The van der Waals surface area contributed by atoms with Crippen LogP contribution in [-0.4, -0.2) is 84.0 Å². The number of amides is 4. The molecule has 2 aromatic rings. The van der Waals surface area contributed by atoms with Crippen LogP contribution in [0.5, 0.6) is 0 Å². The van der Waals surface area contributed by atoms with E-state index in [0.717, 1.165) is 35.1 Å². The highest BCUT2D eigenvalue weighted by Gasteiger charge is 2.62. The van der Waals surface area contributed by atoms with E-state index < -0.39 is 74.3 Å². The van der Waals surface area contributed by atoms with Crippen LogP contribution in [0.2, 0.25) is 0 Å². The highest BCUT2D eigenvalue weighted by Crippen LogP contribution is 2.46. The van der Waals surface area contributed by atoms with Crippen molar-refractivity contribution >= 4 is 39.5 Å². The molecule has 5 atom stereocenters. The van der Waals surface area contributed by atoms with Gasteiger partial charge in [0.05, 0.1) is 11.8 Å². The zero-order valence-electron chi connectivity index (χ0n) is 30.3. The molecule has 13 nitrogen and oxygen atoms in total. The number of allylic oxidation sites excluding steroid dienone is 1. The topological polar surface area (TPSA) is 173 Å². The Morgan fingerprint density at radius 1 is 0.943 bits per heavy atom. The maximum Gasteiger partial charge on any atom is 0.408 e. The molecule has 3 N–H and O–H groups in total. The van der Waals surface area contributed by atoms with Crippen molar-refractivity contribution in [3.63, 3.8) is 0 Å².